The van der Waals surface area contributed by atoms with Crippen molar-refractivity contribution in [3.05, 3.63) is 0 Å². The van der Waals surface area contributed by atoms with E-state index in [2.05, 4.69) is 16.0 Å². The molecule has 2 aliphatic rings. The quantitative estimate of drug-likeness (QED) is 0.253. The van der Waals surface area contributed by atoms with Gasteiger partial charge in [-0.3, -0.25) is 9.36 Å². The molecule has 2 fully saturated rings. The number of hydrogen-bond donors (Lipinski definition) is 3. The lowest BCUT2D eigenvalue weighted by molar-refractivity contribution is -0.234. The highest BCUT2D eigenvalue weighted by molar-refractivity contribution is 8.00. The summed E-state index contributed by atoms with van der Waals surface area (Å²) in [5, 5.41) is 8.47. The lowest BCUT2D eigenvalue weighted by atomic mass is 10.1. The third kappa shape index (κ3) is 7.97. The fourth-order valence-electron chi connectivity index (χ4n) is 2.76. The summed E-state index contributed by atoms with van der Waals surface area (Å²) in [6, 6.07) is -0.107. The summed E-state index contributed by atoms with van der Waals surface area (Å²) in [6.07, 6.45) is 0.320. The van der Waals surface area contributed by atoms with Crippen LogP contribution in [-0.2, 0) is 23.1 Å². The standard InChI is InChI=1S/C15H28N3O7PS/c1-15(2,3)25-26(21,22)24-7-6-23-5-4-16-12(19)8-11-13-10(9-27-11)17-14(20)18-13/h10-11,13H,4-9H2,1-3H3,(H,16,19)(H,21,22)(H2,17,18,20)/p-1. The molecule has 156 valence electrons. The Kier molecular flexibility index (Phi) is 7.96. The first-order valence-corrected chi connectivity index (χ1v) is 11.3. The number of phosphoric acid groups is 1. The monoisotopic (exact) mass is 424 g/mol. The van der Waals surface area contributed by atoms with Crippen LogP contribution in [0.4, 0.5) is 4.79 Å². The van der Waals surface area contributed by atoms with E-state index in [9.17, 15) is 19.0 Å². The van der Waals surface area contributed by atoms with Crippen LogP contribution < -0.4 is 20.8 Å². The van der Waals surface area contributed by atoms with E-state index in [1.165, 1.54) is 0 Å². The van der Waals surface area contributed by atoms with Crippen LogP contribution in [0.1, 0.15) is 27.2 Å². The Labute approximate surface area is 163 Å². The number of nitrogens with one attached hydrogen (secondary N) is 3. The van der Waals surface area contributed by atoms with Crippen LogP contribution in [0.3, 0.4) is 0 Å². The van der Waals surface area contributed by atoms with E-state index < -0.39 is 13.4 Å². The van der Waals surface area contributed by atoms with E-state index in [4.69, 9.17) is 13.8 Å². The van der Waals surface area contributed by atoms with E-state index in [1.807, 2.05) is 0 Å². The van der Waals surface area contributed by atoms with Crippen LogP contribution in [0.15, 0.2) is 0 Å². The molecule has 0 saturated carbocycles. The smallest absolute Gasteiger partial charge is 0.315 e. The molecule has 0 aromatic carbocycles. The van der Waals surface area contributed by atoms with E-state index in [1.54, 1.807) is 32.5 Å². The minimum atomic E-state index is -4.35. The number of amides is 3. The van der Waals surface area contributed by atoms with Crippen LogP contribution in [0, 0.1) is 0 Å². The molecule has 0 radical (unpaired) electrons. The minimum Gasteiger partial charge on any atom is -0.756 e. The summed E-state index contributed by atoms with van der Waals surface area (Å²) >= 11 is 1.67. The number of ether oxygens (including phenoxy) is 1. The van der Waals surface area contributed by atoms with Crippen LogP contribution in [0.2, 0.25) is 0 Å². The largest absolute Gasteiger partial charge is 0.756 e. The molecule has 3 amide bonds. The van der Waals surface area contributed by atoms with E-state index in [0.29, 0.717) is 13.0 Å². The Balaban J connectivity index is 1.51. The van der Waals surface area contributed by atoms with Crippen molar-refractivity contribution in [1.29, 1.82) is 0 Å². The number of urea groups is 1. The highest BCUT2D eigenvalue weighted by Crippen LogP contribution is 2.42. The lowest BCUT2D eigenvalue weighted by Crippen LogP contribution is -2.40. The predicted octanol–water partition coefficient (Wildman–Crippen LogP) is -0.0252. The Bertz CT molecular complexity index is 586. The number of rotatable bonds is 10. The van der Waals surface area contributed by atoms with Gasteiger partial charge in [-0.1, -0.05) is 0 Å². The van der Waals surface area contributed by atoms with Crippen LogP contribution in [-0.4, -0.2) is 67.0 Å². The van der Waals surface area contributed by atoms with Gasteiger partial charge < -0.3 is 34.6 Å². The molecule has 0 aromatic rings. The molecular formula is C15H27N3O7PS-. The molecule has 4 atom stereocenters. The molecule has 0 aromatic heterocycles. The number of thioether (sulfide) groups is 1. The average Bonchev–Trinajstić information content (AvgIpc) is 3.04. The molecule has 27 heavy (non-hydrogen) atoms. The molecule has 0 aliphatic carbocycles. The van der Waals surface area contributed by atoms with Gasteiger partial charge in [-0.2, -0.15) is 11.8 Å². The molecule has 10 nitrogen and oxygen atoms in total. The summed E-state index contributed by atoms with van der Waals surface area (Å²) in [5.74, 6) is 0.684. The van der Waals surface area contributed by atoms with Gasteiger partial charge in [0.05, 0.1) is 37.5 Å². The van der Waals surface area contributed by atoms with Gasteiger partial charge in [-0.05, 0) is 20.8 Å². The van der Waals surface area contributed by atoms with Gasteiger partial charge in [0, 0.05) is 24.0 Å². The zero-order chi connectivity index (χ0) is 20.1. The molecular weight excluding hydrogens is 397 g/mol. The first-order chi connectivity index (χ1) is 12.6. The van der Waals surface area contributed by atoms with Crippen molar-refractivity contribution in [2.45, 2.75) is 50.1 Å². The van der Waals surface area contributed by atoms with Crippen molar-refractivity contribution >= 4 is 31.5 Å². The van der Waals surface area contributed by atoms with Crippen molar-refractivity contribution in [3.63, 3.8) is 0 Å². The normalized spacial score (nSPS) is 26.8. The van der Waals surface area contributed by atoms with Crippen molar-refractivity contribution < 1.29 is 32.8 Å². The maximum Gasteiger partial charge on any atom is 0.315 e. The molecule has 0 bridgehead atoms. The second-order valence-corrected chi connectivity index (χ2v) is 9.88. The maximum atomic E-state index is 12.0. The Morgan fingerprint density at radius 3 is 2.78 bits per heavy atom. The van der Waals surface area contributed by atoms with Crippen LogP contribution in [0.25, 0.3) is 0 Å². The second-order valence-electron chi connectivity index (χ2n) is 7.27. The fourth-order valence-corrected chi connectivity index (χ4v) is 5.26. The third-order valence-corrected chi connectivity index (χ3v) is 6.47. The summed E-state index contributed by atoms with van der Waals surface area (Å²) in [4.78, 5) is 34.8. The van der Waals surface area contributed by atoms with Crippen LogP contribution >= 0.6 is 19.6 Å². The van der Waals surface area contributed by atoms with Gasteiger partial charge in [-0.15, -0.1) is 0 Å². The number of carbonyl (C=O) groups excluding carboxylic acids is 2. The molecule has 4 unspecified atom stereocenters. The Morgan fingerprint density at radius 2 is 2.07 bits per heavy atom. The second kappa shape index (κ2) is 9.58. The number of carbonyl (C=O) groups is 2. The first-order valence-electron chi connectivity index (χ1n) is 8.75. The molecule has 2 aliphatic heterocycles. The lowest BCUT2D eigenvalue weighted by Gasteiger charge is -2.30. The zero-order valence-corrected chi connectivity index (χ0v) is 17.4. The molecule has 2 saturated heterocycles. The molecule has 2 rings (SSSR count). The van der Waals surface area contributed by atoms with Gasteiger partial charge in [-0.25, -0.2) is 4.79 Å². The Morgan fingerprint density at radius 1 is 1.33 bits per heavy atom. The fraction of sp³-hybridized carbons (Fsp3) is 0.867. The summed E-state index contributed by atoms with van der Waals surface area (Å²) < 4.78 is 26.3. The maximum absolute atomic E-state index is 12.0. The molecule has 0 spiro atoms. The van der Waals surface area contributed by atoms with Crippen molar-refractivity contribution in [1.82, 2.24) is 16.0 Å². The number of hydrogen-bond acceptors (Lipinski definition) is 8. The predicted molar refractivity (Wildman–Crippen MR) is 98.3 cm³/mol. The van der Waals surface area contributed by atoms with E-state index in [0.717, 1.165) is 5.75 Å². The third-order valence-electron chi connectivity index (χ3n) is 3.76. The topological polar surface area (TPSA) is 138 Å². The average molecular weight is 424 g/mol. The first kappa shape index (κ1) is 22.4. The Hall–Kier alpha value is -0.840. The van der Waals surface area contributed by atoms with Gasteiger partial charge in [0.1, 0.15) is 0 Å². The van der Waals surface area contributed by atoms with Crippen molar-refractivity contribution in [2.75, 3.05) is 32.1 Å². The summed E-state index contributed by atoms with van der Waals surface area (Å²) in [7, 11) is -4.35. The van der Waals surface area contributed by atoms with Crippen molar-refractivity contribution in [2.24, 2.45) is 0 Å². The summed E-state index contributed by atoms with van der Waals surface area (Å²) in [5.41, 5.74) is -0.850. The highest BCUT2D eigenvalue weighted by Gasteiger charge is 2.43. The molecule has 2 heterocycles. The van der Waals surface area contributed by atoms with E-state index >= 15 is 0 Å². The summed E-state index contributed by atoms with van der Waals surface area (Å²) in [6.45, 7) is 5.29. The number of phosphoric ester groups is 1. The minimum absolute atomic E-state index is 0.0141. The SMILES string of the molecule is CC(C)(C)OP(=O)([O-])OCCOCCNC(=O)CC1SCC2NC(=O)NC21. The molecule has 3 N–H and O–H groups in total. The van der Waals surface area contributed by atoms with E-state index in [-0.39, 0.29) is 49.1 Å². The number of fused-ring (bicyclic) bond motifs is 1. The van der Waals surface area contributed by atoms with Crippen LogP contribution in [0.5, 0.6) is 0 Å². The van der Waals surface area contributed by atoms with Crippen molar-refractivity contribution in [3.8, 4) is 0 Å². The molecule has 12 heteroatoms. The van der Waals surface area contributed by atoms with Gasteiger partial charge in [0.25, 0.3) is 7.82 Å². The highest BCUT2D eigenvalue weighted by atomic mass is 32.2. The van der Waals surface area contributed by atoms with Gasteiger partial charge >= 0.3 is 6.03 Å². The zero-order valence-electron chi connectivity index (χ0n) is 15.7. The van der Waals surface area contributed by atoms with Gasteiger partial charge in [0.15, 0.2) is 0 Å². The van der Waals surface area contributed by atoms with Gasteiger partial charge in [0.2, 0.25) is 5.91 Å².